The molecule has 2 rings (SSSR count). The van der Waals surface area contributed by atoms with E-state index in [1.807, 2.05) is 11.8 Å². The lowest BCUT2D eigenvalue weighted by molar-refractivity contribution is -0.121. The number of hydrogen-bond acceptors (Lipinski definition) is 4. The normalized spacial score (nSPS) is 22.7. The fourth-order valence-corrected chi connectivity index (χ4v) is 3.54. The molecule has 0 aromatic heterocycles. The first-order valence-corrected chi connectivity index (χ1v) is 8.27. The van der Waals surface area contributed by atoms with Gasteiger partial charge < -0.3 is 10.6 Å². The largest absolute Gasteiger partial charge is 0.355 e. The highest BCUT2D eigenvalue weighted by Crippen LogP contribution is 2.13. The maximum Gasteiger partial charge on any atom is 0.220 e. The summed E-state index contributed by atoms with van der Waals surface area (Å²) in [6, 6.07) is 0. The van der Waals surface area contributed by atoms with Crippen LogP contribution >= 0.6 is 36.6 Å². The van der Waals surface area contributed by atoms with Gasteiger partial charge in [-0.25, -0.2) is 0 Å². The zero-order valence-corrected chi connectivity index (χ0v) is 14.4. The summed E-state index contributed by atoms with van der Waals surface area (Å²) < 4.78 is 0. The number of nitrogens with one attached hydrogen (secondary N) is 2. The van der Waals surface area contributed by atoms with Gasteiger partial charge in [0.05, 0.1) is 0 Å². The zero-order chi connectivity index (χ0) is 12.6. The molecule has 0 aromatic rings. The Hall–Kier alpha value is 0.320. The smallest absolute Gasteiger partial charge is 0.220 e. The predicted octanol–water partition coefficient (Wildman–Crippen LogP) is 1.38. The lowest BCUT2D eigenvalue weighted by Crippen LogP contribution is -2.39. The molecule has 0 spiro atoms. The van der Waals surface area contributed by atoms with Gasteiger partial charge >= 0.3 is 0 Å². The average Bonchev–Trinajstić information content (AvgIpc) is 2.91. The highest BCUT2D eigenvalue weighted by atomic mass is 35.5. The number of hydrogen-bond donors (Lipinski definition) is 2. The van der Waals surface area contributed by atoms with Crippen molar-refractivity contribution in [3.8, 4) is 0 Å². The van der Waals surface area contributed by atoms with E-state index in [4.69, 9.17) is 0 Å². The van der Waals surface area contributed by atoms with Crippen LogP contribution in [-0.2, 0) is 4.79 Å². The second-order valence-electron chi connectivity index (χ2n) is 5.20. The van der Waals surface area contributed by atoms with E-state index in [1.165, 1.54) is 31.0 Å². The Morgan fingerprint density at radius 1 is 1.30 bits per heavy atom. The van der Waals surface area contributed by atoms with Crippen LogP contribution in [0.2, 0.25) is 0 Å². The molecule has 2 aliphatic rings. The minimum Gasteiger partial charge on any atom is -0.355 e. The van der Waals surface area contributed by atoms with Crippen LogP contribution in [0.1, 0.15) is 19.3 Å². The van der Waals surface area contributed by atoms with Crippen molar-refractivity contribution < 1.29 is 4.79 Å². The first kappa shape index (κ1) is 20.3. The lowest BCUT2D eigenvalue weighted by atomic mass is 10.0. The van der Waals surface area contributed by atoms with Gasteiger partial charge in [-0.05, 0) is 31.8 Å². The first-order valence-electron chi connectivity index (χ1n) is 7.12. The molecule has 120 valence electrons. The Morgan fingerprint density at radius 2 is 2.05 bits per heavy atom. The summed E-state index contributed by atoms with van der Waals surface area (Å²) in [7, 11) is 0. The number of carbonyl (C=O) groups excluding carboxylic acids is 1. The highest BCUT2D eigenvalue weighted by Gasteiger charge is 2.15. The average molecular weight is 344 g/mol. The predicted molar refractivity (Wildman–Crippen MR) is 91.5 cm³/mol. The molecule has 0 bridgehead atoms. The van der Waals surface area contributed by atoms with E-state index >= 15 is 0 Å². The van der Waals surface area contributed by atoms with Crippen LogP contribution in [0, 0.1) is 5.92 Å². The van der Waals surface area contributed by atoms with Crippen molar-refractivity contribution in [3.05, 3.63) is 0 Å². The third kappa shape index (κ3) is 7.93. The van der Waals surface area contributed by atoms with Crippen molar-refractivity contribution in [2.75, 3.05) is 50.8 Å². The van der Waals surface area contributed by atoms with Gasteiger partial charge in [-0.1, -0.05) is 0 Å². The third-order valence-corrected chi connectivity index (χ3v) is 4.74. The van der Waals surface area contributed by atoms with Crippen molar-refractivity contribution >= 4 is 42.5 Å². The van der Waals surface area contributed by atoms with Crippen LogP contribution in [0.25, 0.3) is 0 Å². The van der Waals surface area contributed by atoms with Gasteiger partial charge in [0.15, 0.2) is 0 Å². The van der Waals surface area contributed by atoms with Crippen molar-refractivity contribution in [2.24, 2.45) is 5.92 Å². The Balaban J connectivity index is 0.00000180. The first-order chi connectivity index (χ1) is 8.84. The van der Waals surface area contributed by atoms with Gasteiger partial charge in [0, 0.05) is 44.1 Å². The molecule has 1 unspecified atom stereocenters. The quantitative estimate of drug-likeness (QED) is 0.764. The molecule has 1 amide bonds. The second-order valence-corrected chi connectivity index (χ2v) is 6.43. The van der Waals surface area contributed by atoms with Crippen LogP contribution in [0.5, 0.6) is 0 Å². The minimum absolute atomic E-state index is 0. The van der Waals surface area contributed by atoms with Crippen LogP contribution in [0.3, 0.4) is 0 Å². The Kier molecular flexibility index (Phi) is 12.1. The summed E-state index contributed by atoms with van der Waals surface area (Å²) in [5.74, 6) is 3.42. The fraction of sp³-hybridized carbons (Fsp3) is 0.923. The Morgan fingerprint density at radius 3 is 2.70 bits per heavy atom. The highest BCUT2D eigenvalue weighted by molar-refractivity contribution is 7.99. The van der Waals surface area contributed by atoms with E-state index in [0.29, 0.717) is 6.42 Å². The van der Waals surface area contributed by atoms with E-state index in [9.17, 15) is 4.79 Å². The van der Waals surface area contributed by atoms with Crippen LogP contribution in [0.4, 0.5) is 0 Å². The maximum absolute atomic E-state index is 11.7. The SMILES string of the molecule is Cl.Cl.O=C(CCC1CCNC1)NCCN1CCSCC1. The molecule has 0 radical (unpaired) electrons. The lowest BCUT2D eigenvalue weighted by Gasteiger charge is -2.26. The molecular weight excluding hydrogens is 317 g/mol. The summed E-state index contributed by atoms with van der Waals surface area (Å²) >= 11 is 2.03. The number of carbonyl (C=O) groups is 1. The summed E-state index contributed by atoms with van der Waals surface area (Å²) in [5, 5.41) is 6.39. The van der Waals surface area contributed by atoms with E-state index < -0.39 is 0 Å². The molecule has 4 nitrogen and oxygen atoms in total. The molecule has 2 N–H and O–H groups in total. The number of amides is 1. The van der Waals surface area contributed by atoms with Gasteiger partial charge in [-0.2, -0.15) is 11.8 Å². The molecule has 2 aliphatic heterocycles. The van der Waals surface area contributed by atoms with Crippen LogP contribution in [-0.4, -0.2) is 61.6 Å². The molecule has 2 heterocycles. The van der Waals surface area contributed by atoms with E-state index in [-0.39, 0.29) is 30.7 Å². The molecule has 0 aromatic carbocycles. The fourth-order valence-electron chi connectivity index (χ4n) is 2.56. The molecule has 0 saturated carbocycles. The monoisotopic (exact) mass is 343 g/mol. The zero-order valence-electron chi connectivity index (χ0n) is 11.9. The second kappa shape index (κ2) is 11.9. The summed E-state index contributed by atoms with van der Waals surface area (Å²) in [4.78, 5) is 14.1. The summed E-state index contributed by atoms with van der Waals surface area (Å²) in [6.45, 7) is 6.39. The van der Waals surface area contributed by atoms with Crippen molar-refractivity contribution in [1.29, 1.82) is 0 Å². The minimum atomic E-state index is 0. The maximum atomic E-state index is 11.7. The molecule has 20 heavy (non-hydrogen) atoms. The number of thioether (sulfide) groups is 1. The van der Waals surface area contributed by atoms with Crippen molar-refractivity contribution in [2.45, 2.75) is 19.3 Å². The van der Waals surface area contributed by atoms with Gasteiger partial charge in [0.25, 0.3) is 0 Å². The topological polar surface area (TPSA) is 44.4 Å². The van der Waals surface area contributed by atoms with Crippen LogP contribution < -0.4 is 10.6 Å². The summed E-state index contributed by atoms with van der Waals surface area (Å²) in [5.41, 5.74) is 0. The van der Waals surface area contributed by atoms with Gasteiger partial charge in [-0.3, -0.25) is 9.69 Å². The van der Waals surface area contributed by atoms with Crippen molar-refractivity contribution in [1.82, 2.24) is 15.5 Å². The number of rotatable bonds is 6. The van der Waals surface area contributed by atoms with Crippen LogP contribution in [0.15, 0.2) is 0 Å². The molecule has 1 atom stereocenters. The number of nitrogens with zero attached hydrogens (tertiary/aromatic N) is 1. The molecule has 0 aliphatic carbocycles. The Labute approximate surface area is 139 Å². The van der Waals surface area contributed by atoms with Gasteiger partial charge in [-0.15, -0.1) is 24.8 Å². The van der Waals surface area contributed by atoms with E-state index in [1.54, 1.807) is 0 Å². The third-order valence-electron chi connectivity index (χ3n) is 3.80. The standard InChI is InChI=1S/C13H25N3OS.2ClH/c17-13(2-1-12-3-4-14-11-12)15-5-6-16-7-9-18-10-8-16;;/h12,14H,1-11H2,(H,15,17);2*1H. The Bertz CT molecular complexity index is 260. The molecular formula is C13H27Cl2N3OS. The molecule has 2 fully saturated rings. The number of halogens is 2. The van der Waals surface area contributed by atoms with Crippen molar-refractivity contribution in [3.63, 3.8) is 0 Å². The summed E-state index contributed by atoms with van der Waals surface area (Å²) in [6.07, 6.45) is 2.97. The van der Waals surface area contributed by atoms with Gasteiger partial charge in [0.1, 0.15) is 0 Å². The van der Waals surface area contributed by atoms with Gasteiger partial charge in [0.2, 0.25) is 5.91 Å². The molecule has 2 saturated heterocycles. The molecule has 7 heteroatoms. The van der Waals surface area contributed by atoms with E-state index in [0.717, 1.165) is 38.5 Å². The van der Waals surface area contributed by atoms with E-state index in [2.05, 4.69) is 15.5 Å².